The first-order valence-corrected chi connectivity index (χ1v) is 23.8. The van der Waals surface area contributed by atoms with Gasteiger partial charge in [0.05, 0.1) is 54.7 Å². The predicted molar refractivity (Wildman–Crippen MR) is 256 cm³/mol. The van der Waals surface area contributed by atoms with Gasteiger partial charge in [0.25, 0.3) is 17.4 Å². The van der Waals surface area contributed by atoms with Crippen molar-refractivity contribution in [2.45, 2.75) is 38.6 Å². The number of aryl methyl sites for hydroxylation is 1. The SMILES string of the molecule is CCc1cccc(-c2cnc(C(=O)N3CCC(CN4CCN(CC(=O)N5CCN(C(=O)c6cc(Cc7n[nH]c(=O)c8ccccc78)ccc6F)CC5)CC4)CC3)c(NC(=O)CNC3COC3)c2)c1. The lowest BCUT2D eigenvalue weighted by atomic mass is 9.95. The van der Waals surface area contributed by atoms with E-state index in [1.165, 1.54) is 11.6 Å². The number of hydrogen-bond acceptors (Lipinski definition) is 11. The summed E-state index contributed by atoms with van der Waals surface area (Å²) in [4.78, 5) is 80.9. The maximum absolute atomic E-state index is 15.1. The van der Waals surface area contributed by atoms with Crippen LogP contribution in [0.5, 0.6) is 0 Å². The fraction of sp³-hybridized carbons (Fsp3) is 0.431. The number of piperidine rings is 1. The van der Waals surface area contributed by atoms with Crippen LogP contribution in [0.15, 0.2) is 83.8 Å². The number of piperazine rings is 2. The molecule has 9 rings (SSSR count). The van der Waals surface area contributed by atoms with Crippen LogP contribution in [0.25, 0.3) is 21.9 Å². The first kappa shape index (κ1) is 46.7. The van der Waals surface area contributed by atoms with Gasteiger partial charge in [-0.2, -0.15) is 5.10 Å². The molecule has 0 aliphatic carbocycles. The van der Waals surface area contributed by atoms with Crippen LogP contribution in [0, 0.1) is 11.7 Å². The summed E-state index contributed by atoms with van der Waals surface area (Å²) in [6, 6.07) is 21.8. The van der Waals surface area contributed by atoms with Gasteiger partial charge in [0, 0.05) is 95.6 Å². The highest BCUT2D eigenvalue weighted by Crippen LogP contribution is 2.28. The number of hydrogen-bond donors (Lipinski definition) is 3. The van der Waals surface area contributed by atoms with E-state index in [9.17, 15) is 24.0 Å². The summed E-state index contributed by atoms with van der Waals surface area (Å²) in [5.41, 5.74) is 4.64. The van der Waals surface area contributed by atoms with Crippen molar-refractivity contribution in [3.8, 4) is 11.1 Å². The van der Waals surface area contributed by atoms with Crippen LogP contribution in [0.2, 0.25) is 0 Å². The molecule has 0 bridgehead atoms. The molecule has 4 saturated heterocycles. The second-order valence-corrected chi connectivity index (χ2v) is 18.4. The molecule has 0 spiro atoms. The van der Waals surface area contributed by atoms with E-state index in [1.807, 2.05) is 35.2 Å². The van der Waals surface area contributed by atoms with Gasteiger partial charge in [-0.15, -0.1) is 0 Å². The molecule has 3 aromatic carbocycles. The Balaban J connectivity index is 0.718. The number of carbonyl (C=O) groups excluding carboxylic acids is 4. The number of carbonyl (C=O) groups is 4. The number of nitrogens with zero attached hydrogens (tertiary/aromatic N) is 7. The number of aromatic amines is 1. The van der Waals surface area contributed by atoms with Crippen molar-refractivity contribution in [2.24, 2.45) is 5.92 Å². The van der Waals surface area contributed by atoms with Crippen molar-refractivity contribution in [3.63, 3.8) is 0 Å². The number of ether oxygens (including phenoxy) is 1. The number of anilines is 1. The molecule has 0 atom stereocenters. The molecule has 5 aromatic rings. The average molecular weight is 927 g/mol. The molecule has 17 heteroatoms. The zero-order valence-corrected chi connectivity index (χ0v) is 38.6. The smallest absolute Gasteiger partial charge is 0.274 e. The molecule has 4 amide bonds. The Morgan fingerprint density at radius 3 is 2.22 bits per heavy atom. The van der Waals surface area contributed by atoms with Gasteiger partial charge < -0.3 is 35.0 Å². The Labute approximate surface area is 394 Å². The van der Waals surface area contributed by atoms with Gasteiger partial charge >= 0.3 is 0 Å². The van der Waals surface area contributed by atoms with E-state index < -0.39 is 11.7 Å². The van der Waals surface area contributed by atoms with Gasteiger partial charge in [0.1, 0.15) is 5.82 Å². The van der Waals surface area contributed by atoms with E-state index in [0.717, 1.165) is 63.1 Å². The molecule has 6 heterocycles. The van der Waals surface area contributed by atoms with Crippen LogP contribution in [0.3, 0.4) is 0 Å². The molecular weight excluding hydrogens is 868 g/mol. The lowest BCUT2D eigenvalue weighted by molar-refractivity contribution is -0.134. The number of benzene rings is 3. The van der Waals surface area contributed by atoms with E-state index in [-0.39, 0.29) is 47.1 Å². The molecule has 356 valence electrons. The molecule has 4 aliphatic rings. The average Bonchev–Trinajstić information content (AvgIpc) is 3.35. The van der Waals surface area contributed by atoms with Gasteiger partial charge in [-0.3, -0.25) is 28.9 Å². The Morgan fingerprint density at radius 1 is 0.765 bits per heavy atom. The number of amides is 4. The maximum atomic E-state index is 15.1. The van der Waals surface area contributed by atoms with E-state index in [2.05, 4.69) is 54.7 Å². The molecule has 4 aliphatic heterocycles. The normalized spacial score (nSPS) is 17.6. The summed E-state index contributed by atoms with van der Waals surface area (Å²) in [6.45, 7) is 10.4. The van der Waals surface area contributed by atoms with Gasteiger partial charge in [0.15, 0.2) is 5.69 Å². The fourth-order valence-corrected chi connectivity index (χ4v) is 9.57. The third-order valence-corrected chi connectivity index (χ3v) is 13.8. The van der Waals surface area contributed by atoms with Gasteiger partial charge in [-0.1, -0.05) is 55.5 Å². The Kier molecular flexibility index (Phi) is 14.6. The van der Waals surface area contributed by atoms with Crippen LogP contribution < -0.4 is 16.2 Å². The van der Waals surface area contributed by atoms with Crippen LogP contribution in [-0.2, 0) is 27.2 Å². The lowest BCUT2D eigenvalue weighted by Gasteiger charge is -2.40. The van der Waals surface area contributed by atoms with Crippen LogP contribution in [0.1, 0.15) is 57.4 Å². The van der Waals surface area contributed by atoms with Crippen molar-refractivity contribution in [1.82, 2.24) is 45.0 Å². The number of fused-ring (bicyclic) bond motifs is 1. The number of nitrogens with one attached hydrogen (secondary N) is 3. The van der Waals surface area contributed by atoms with Crippen molar-refractivity contribution < 1.29 is 28.3 Å². The first-order chi connectivity index (χ1) is 33.1. The standard InChI is InChI=1S/C51H59FN10O6/c1-2-34-6-5-7-37(24-34)38-27-45(55-46(63)29-53-39-32-68-33-39)48(54-28-38)51(67)61-14-12-35(13-15-61)30-58-16-18-59(19-17-58)31-47(64)60-20-22-62(23-21-60)50(66)42-25-36(10-11-43(42)52)26-44-40-8-3-4-9-41(40)49(65)57-56-44/h3-11,24-25,27-28,35,39,53H,2,12-23,26,29-33H2,1H3,(H,55,63)(H,57,65). The predicted octanol–water partition coefficient (Wildman–Crippen LogP) is 3.66. The zero-order valence-electron chi connectivity index (χ0n) is 38.6. The highest BCUT2D eigenvalue weighted by molar-refractivity contribution is 6.03. The summed E-state index contributed by atoms with van der Waals surface area (Å²) in [5, 5.41) is 14.1. The third kappa shape index (κ3) is 11.0. The van der Waals surface area contributed by atoms with Crippen LogP contribution in [0.4, 0.5) is 10.1 Å². The minimum atomic E-state index is -0.610. The topological polar surface area (TPSA) is 176 Å². The molecule has 0 radical (unpaired) electrons. The Hall–Kier alpha value is -6.40. The third-order valence-electron chi connectivity index (χ3n) is 13.8. The van der Waals surface area contributed by atoms with Crippen molar-refractivity contribution in [2.75, 3.05) is 104 Å². The fourth-order valence-electron chi connectivity index (χ4n) is 9.57. The van der Waals surface area contributed by atoms with E-state index in [4.69, 9.17) is 4.74 Å². The molecule has 68 heavy (non-hydrogen) atoms. The van der Waals surface area contributed by atoms with Gasteiger partial charge in [-0.05, 0) is 66.1 Å². The molecule has 0 unspecified atom stereocenters. The molecule has 0 saturated carbocycles. The number of rotatable bonds is 14. The van der Waals surface area contributed by atoms with Crippen molar-refractivity contribution in [1.29, 1.82) is 0 Å². The van der Waals surface area contributed by atoms with E-state index in [0.29, 0.717) is 99.1 Å². The van der Waals surface area contributed by atoms with E-state index in [1.54, 1.807) is 40.3 Å². The second-order valence-electron chi connectivity index (χ2n) is 18.4. The largest absolute Gasteiger partial charge is 0.378 e. The summed E-state index contributed by atoms with van der Waals surface area (Å²) < 4.78 is 20.3. The number of likely N-dealkylation sites (tertiary alicyclic amines) is 1. The number of pyridine rings is 1. The Morgan fingerprint density at radius 2 is 1.49 bits per heavy atom. The zero-order chi connectivity index (χ0) is 47.1. The molecule has 16 nitrogen and oxygen atoms in total. The summed E-state index contributed by atoms with van der Waals surface area (Å²) >= 11 is 0. The molecule has 4 fully saturated rings. The summed E-state index contributed by atoms with van der Waals surface area (Å²) in [5.74, 6) is -1.01. The van der Waals surface area contributed by atoms with Crippen molar-refractivity contribution >= 4 is 40.1 Å². The Bertz CT molecular complexity index is 2700. The van der Waals surface area contributed by atoms with Crippen LogP contribution in [-0.4, -0.2) is 168 Å². The van der Waals surface area contributed by atoms with Crippen molar-refractivity contribution in [3.05, 3.63) is 123 Å². The monoisotopic (exact) mass is 926 g/mol. The van der Waals surface area contributed by atoms with Gasteiger partial charge in [0.2, 0.25) is 11.8 Å². The van der Waals surface area contributed by atoms with Gasteiger partial charge in [-0.25, -0.2) is 14.5 Å². The second kappa shape index (κ2) is 21.3. The van der Waals surface area contributed by atoms with E-state index >= 15 is 4.39 Å². The number of halogens is 1. The number of H-pyrrole nitrogens is 1. The maximum Gasteiger partial charge on any atom is 0.274 e. The summed E-state index contributed by atoms with van der Waals surface area (Å²) in [6.07, 6.45) is 4.64. The molecule has 3 N–H and O–H groups in total. The minimum absolute atomic E-state index is 0.0226. The summed E-state index contributed by atoms with van der Waals surface area (Å²) in [7, 11) is 0. The molecule has 2 aromatic heterocycles. The quantitative estimate of drug-likeness (QED) is 0.148. The molecular formula is C51H59FN10O6. The first-order valence-electron chi connectivity index (χ1n) is 23.8. The highest BCUT2D eigenvalue weighted by Gasteiger charge is 2.31. The number of aromatic nitrogens is 3. The van der Waals surface area contributed by atoms with Crippen LogP contribution >= 0.6 is 0 Å². The minimum Gasteiger partial charge on any atom is -0.378 e. The highest BCUT2D eigenvalue weighted by atomic mass is 19.1. The lowest BCUT2D eigenvalue weighted by Crippen LogP contribution is -2.55.